The molecule has 140 valence electrons. The minimum absolute atomic E-state index is 0.0403. The number of amides is 1. The molecule has 7 heteroatoms. The first-order chi connectivity index (χ1) is 12.8. The standard InChI is InChI=1S/C20H21N3O4/c1-13-5-6-15(14(2)7-13)10-22(3)18(24)12-23-11-17(20(26)27-4)8-16(9-21)19(23)25/h5-8,11H,10,12H2,1-4H3. The van der Waals surface area contributed by atoms with Gasteiger partial charge in [-0.1, -0.05) is 23.8 Å². The summed E-state index contributed by atoms with van der Waals surface area (Å²) in [5.74, 6) is -1.00. The first kappa shape index (κ1) is 19.9. The summed E-state index contributed by atoms with van der Waals surface area (Å²) in [5.41, 5.74) is 2.41. The van der Waals surface area contributed by atoms with Crippen LogP contribution in [0.5, 0.6) is 0 Å². The van der Waals surface area contributed by atoms with E-state index in [2.05, 4.69) is 4.74 Å². The van der Waals surface area contributed by atoms with E-state index in [1.165, 1.54) is 18.2 Å². The molecule has 0 N–H and O–H groups in total. The van der Waals surface area contributed by atoms with E-state index >= 15 is 0 Å². The van der Waals surface area contributed by atoms with Crippen LogP contribution in [0.2, 0.25) is 0 Å². The third-order valence-electron chi connectivity index (χ3n) is 4.26. The van der Waals surface area contributed by atoms with Crippen molar-refractivity contribution in [1.82, 2.24) is 9.47 Å². The number of aryl methyl sites for hydroxylation is 2. The van der Waals surface area contributed by atoms with Crippen molar-refractivity contribution in [2.75, 3.05) is 14.2 Å². The lowest BCUT2D eigenvalue weighted by Gasteiger charge is -2.19. The van der Waals surface area contributed by atoms with Crippen LogP contribution in [0.3, 0.4) is 0 Å². The van der Waals surface area contributed by atoms with Crippen molar-refractivity contribution in [2.45, 2.75) is 26.9 Å². The van der Waals surface area contributed by atoms with Gasteiger partial charge in [0, 0.05) is 19.8 Å². The van der Waals surface area contributed by atoms with Gasteiger partial charge in [0.05, 0.1) is 12.7 Å². The molecule has 0 saturated heterocycles. The maximum absolute atomic E-state index is 12.6. The van der Waals surface area contributed by atoms with Crippen molar-refractivity contribution >= 4 is 11.9 Å². The lowest BCUT2D eigenvalue weighted by molar-refractivity contribution is -0.131. The molecule has 27 heavy (non-hydrogen) atoms. The van der Waals surface area contributed by atoms with Gasteiger partial charge in [-0.25, -0.2) is 4.79 Å². The number of methoxy groups -OCH3 is 1. The van der Waals surface area contributed by atoms with Gasteiger partial charge in [0.15, 0.2) is 0 Å². The normalized spacial score (nSPS) is 10.2. The number of esters is 1. The highest BCUT2D eigenvalue weighted by Crippen LogP contribution is 2.13. The van der Waals surface area contributed by atoms with Gasteiger partial charge in [0.25, 0.3) is 5.56 Å². The minimum Gasteiger partial charge on any atom is -0.465 e. The molecule has 0 fully saturated rings. The summed E-state index contributed by atoms with van der Waals surface area (Å²) in [7, 11) is 2.84. The van der Waals surface area contributed by atoms with Gasteiger partial charge in [-0.15, -0.1) is 0 Å². The fraction of sp³-hybridized carbons (Fsp3) is 0.300. The first-order valence-corrected chi connectivity index (χ1v) is 8.29. The quantitative estimate of drug-likeness (QED) is 0.751. The molecule has 1 aromatic carbocycles. The van der Waals surface area contributed by atoms with Crippen LogP contribution < -0.4 is 5.56 Å². The third-order valence-corrected chi connectivity index (χ3v) is 4.26. The van der Waals surface area contributed by atoms with Gasteiger partial charge < -0.3 is 14.2 Å². The summed E-state index contributed by atoms with van der Waals surface area (Å²) < 4.78 is 5.69. The Morgan fingerprint density at radius 3 is 2.56 bits per heavy atom. The molecule has 0 aliphatic carbocycles. The zero-order chi connectivity index (χ0) is 20.1. The lowest BCUT2D eigenvalue weighted by atomic mass is 10.1. The second kappa shape index (κ2) is 8.32. The maximum atomic E-state index is 12.6. The van der Waals surface area contributed by atoms with E-state index in [-0.39, 0.29) is 23.6 Å². The third kappa shape index (κ3) is 4.61. The van der Waals surface area contributed by atoms with Crippen molar-refractivity contribution in [3.05, 3.63) is 68.6 Å². The van der Waals surface area contributed by atoms with E-state index < -0.39 is 11.5 Å². The number of rotatable bonds is 5. The summed E-state index contributed by atoms with van der Waals surface area (Å²) in [6, 6.07) is 8.89. The van der Waals surface area contributed by atoms with Crippen LogP contribution in [-0.2, 0) is 22.6 Å². The summed E-state index contributed by atoms with van der Waals surface area (Å²) >= 11 is 0. The van der Waals surface area contributed by atoms with E-state index in [4.69, 9.17) is 5.26 Å². The number of nitriles is 1. The Kier molecular flexibility index (Phi) is 6.14. The Morgan fingerprint density at radius 2 is 1.96 bits per heavy atom. The number of hydrogen-bond acceptors (Lipinski definition) is 5. The Labute approximate surface area is 157 Å². The van der Waals surface area contributed by atoms with E-state index in [9.17, 15) is 14.4 Å². The summed E-state index contributed by atoms with van der Waals surface area (Å²) in [5, 5.41) is 9.10. The van der Waals surface area contributed by atoms with Crippen molar-refractivity contribution in [3.63, 3.8) is 0 Å². The molecule has 0 radical (unpaired) electrons. The van der Waals surface area contributed by atoms with Gasteiger partial charge in [0.1, 0.15) is 18.2 Å². The molecule has 0 saturated carbocycles. The highest BCUT2D eigenvalue weighted by atomic mass is 16.5. The van der Waals surface area contributed by atoms with Gasteiger partial charge in [-0.2, -0.15) is 5.26 Å². The fourth-order valence-corrected chi connectivity index (χ4v) is 2.70. The predicted octanol–water partition coefficient (Wildman–Crippen LogP) is 1.78. The van der Waals surface area contributed by atoms with E-state index in [0.717, 1.165) is 27.3 Å². The number of carbonyl (C=O) groups is 2. The molecule has 0 bridgehead atoms. The Morgan fingerprint density at radius 1 is 1.26 bits per heavy atom. The number of pyridine rings is 1. The Hall–Kier alpha value is -3.40. The number of benzene rings is 1. The van der Waals surface area contributed by atoms with Gasteiger partial charge in [-0.3, -0.25) is 9.59 Å². The number of aromatic nitrogens is 1. The smallest absolute Gasteiger partial charge is 0.339 e. The van der Waals surface area contributed by atoms with Gasteiger partial charge in [0.2, 0.25) is 5.91 Å². The molecule has 1 heterocycles. The Bertz CT molecular complexity index is 986. The molecule has 0 unspecified atom stereocenters. The second-order valence-corrected chi connectivity index (χ2v) is 6.36. The summed E-state index contributed by atoms with van der Waals surface area (Å²) in [6.45, 7) is 4.09. The van der Waals surface area contributed by atoms with Crippen molar-refractivity contribution < 1.29 is 14.3 Å². The molecule has 2 aromatic rings. The predicted molar refractivity (Wildman–Crippen MR) is 99.1 cm³/mol. The number of ether oxygens (including phenoxy) is 1. The molecule has 0 aliphatic heterocycles. The number of nitrogens with zero attached hydrogens (tertiary/aromatic N) is 3. The number of likely N-dealkylation sites (N-methyl/N-ethyl adjacent to an activating group) is 1. The van der Waals surface area contributed by atoms with Crippen LogP contribution in [0.15, 0.2) is 35.3 Å². The molecule has 0 aliphatic rings. The highest BCUT2D eigenvalue weighted by molar-refractivity contribution is 5.89. The number of carbonyl (C=O) groups excluding carboxylic acids is 2. The van der Waals surface area contributed by atoms with E-state index in [1.54, 1.807) is 13.1 Å². The lowest BCUT2D eigenvalue weighted by Crippen LogP contribution is -2.34. The molecule has 1 amide bonds. The van der Waals surface area contributed by atoms with Crippen LogP contribution in [-0.4, -0.2) is 35.5 Å². The molecule has 7 nitrogen and oxygen atoms in total. The molecule has 2 rings (SSSR count). The highest BCUT2D eigenvalue weighted by Gasteiger charge is 2.17. The van der Waals surface area contributed by atoms with E-state index in [0.29, 0.717) is 6.54 Å². The molecule has 0 atom stereocenters. The fourth-order valence-electron chi connectivity index (χ4n) is 2.70. The molecular weight excluding hydrogens is 346 g/mol. The summed E-state index contributed by atoms with van der Waals surface area (Å²) in [4.78, 5) is 38.1. The number of hydrogen-bond donors (Lipinski definition) is 0. The summed E-state index contributed by atoms with van der Waals surface area (Å²) in [6.07, 6.45) is 1.23. The monoisotopic (exact) mass is 367 g/mol. The molecular formula is C20H21N3O4. The zero-order valence-electron chi connectivity index (χ0n) is 15.8. The Balaban J connectivity index is 2.25. The van der Waals surface area contributed by atoms with E-state index in [1.807, 2.05) is 32.0 Å². The minimum atomic E-state index is -0.684. The van der Waals surface area contributed by atoms with Crippen LogP contribution in [0.4, 0.5) is 0 Å². The van der Waals surface area contributed by atoms with Crippen LogP contribution in [0.25, 0.3) is 0 Å². The molecule has 1 aromatic heterocycles. The molecule has 0 spiro atoms. The van der Waals surface area contributed by atoms with Gasteiger partial charge in [-0.05, 0) is 31.0 Å². The van der Waals surface area contributed by atoms with Crippen molar-refractivity contribution in [2.24, 2.45) is 0 Å². The van der Waals surface area contributed by atoms with Crippen molar-refractivity contribution in [1.29, 1.82) is 5.26 Å². The largest absolute Gasteiger partial charge is 0.465 e. The van der Waals surface area contributed by atoms with Crippen molar-refractivity contribution in [3.8, 4) is 6.07 Å². The maximum Gasteiger partial charge on any atom is 0.339 e. The zero-order valence-corrected chi connectivity index (χ0v) is 15.8. The van der Waals surface area contributed by atoms with Crippen LogP contribution in [0, 0.1) is 25.2 Å². The average molecular weight is 367 g/mol. The van der Waals surface area contributed by atoms with Crippen LogP contribution >= 0.6 is 0 Å². The average Bonchev–Trinajstić information content (AvgIpc) is 2.64. The van der Waals surface area contributed by atoms with Crippen LogP contribution in [0.1, 0.15) is 32.6 Å². The topological polar surface area (TPSA) is 92.4 Å². The van der Waals surface area contributed by atoms with Gasteiger partial charge >= 0.3 is 5.97 Å². The SMILES string of the molecule is COC(=O)c1cc(C#N)c(=O)n(CC(=O)N(C)Cc2ccc(C)cc2C)c1. The second-order valence-electron chi connectivity index (χ2n) is 6.36. The first-order valence-electron chi connectivity index (χ1n) is 8.29.